The fourth-order valence-electron chi connectivity index (χ4n) is 3.01. The van der Waals surface area contributed by atoms with Crippen molar-refractivity contribution in [1.29, 1.82) is 0 Å². The van der Waals surface area contributed by atoms with Crippen LogP contribution in [0.25, 0.3) is 22.3 Å². The number of carbonyl (C=O) groups is 1. The van der Waals surface area contributed by atoms with Gasteiger partial charge in [0.1, 0.15) is 11.3 Å². The molecule has 0 unspecified atom stereocenters. The Kier molecular flexibility index (Phi) is 4.54. The molecule has 0 aliphatic heterocycles. The van der Waals surface area contributed by atoms with Gasteiger partial charge in [0.25, 0.3) is 5.91 Å². The number of carbonyl (C=O) groups excluding carboxylic acids is 1. The molecule has 0 aliphatic carbocycles. The highest BCUT2D eigenvalue weighted by atomic mass is 19.4. The van der Waals surface area contributed by atoms with Gasteiger partial charge < -0.3 is 10.3 Å². The minimum Gasteiger partial charge on any atom is -0.345 e. The predicted octanol–water partition coefficient (Wildman–Crippen LogP) is 5.20. The Morgan fingerprint density at radius 3 is 2.55 bits per heavy atom. The monoisotopic (exact) mass is 396 g/mol. The number of H-pyrrole nitrogens is 1. The van der Waals surface area contributed by atoms with Crippen molar-refractivity contribution in [3.05, 3.63) is 77.7 Å². The van der Waals surface area contributed by atoms with Gasteiger partial charge in [-0.3, -0.25) is 4.79 Å². The van der Waals surface area contributed by atoms with Crippen molar-refractivity contribution < 1.29 is 18.0 Å². The lowest BCUT2D eigenvalue weighted by molar-refractivity contribution is -0.137. The molecule has 0 atom stereocenters. The number of hydrogen-bond donors (Lipinski definition) is 2. The van der Waals surface area contributed by atoms with Crippen molar-refractivity contribution in [2.45, 2.75) is 13.1 Å². The maximum absolute atomic E-state index is 12.7. The second kappa shape index (κ2) is 7.05. The van der Waals surface area contributed by atoms with Crippen LogP contribution >= 0.6 is 0 Å². The molecule has 1 aromatic carbocycles. The van der Waals surface area contributed by atoms with Crippen molar-refractivity contribution in [2.24, 2.45) is 0 Å². The summed E-state index contributed by atoms with van der Waals surface area (Å²) in [6.07, 6.45) is -0.982. The molecule has 1 amide bonds. The molecule has 2 N–H and O–H groups in total. The molecular formula is C21H15F3N4O. The summed E-state index contributed by atoms with van der Waals surface area (Å²) in [5.41, 5.74) is 2.42. The number of halogens is 3. The van der Waals surface area contributed by atoms with Crippen molar-refractivity contribution >= 4 is 22.6 Å². The third kappa shape index (κ3) is 3.69. The lowest BCUT2D eigenvalue weighted by Crippen LogP contribution is -2.16. The average molecular weight is 396 g/mol. The number of fused-ring (bicyclic) bond motifs is 1. The van der Waals surface area contributed by atoms with E-state index in [1.54, 1.807) is 31.5 Å². The zero-order valence-corrected chi connectivity index (χ0v) is 15.2. The van der Waals surface area contributed by atoms with E-state index in [0.29, 0.717) is 16.9 Å². The van der Waals surface area contributed by atoms with Gasteiger partial charge in [0.15, 0.2) is 0 Å². The smallest absolute Gasteiger partial charge is 0.345 e. The summed E-state index contributed by atoms with van der Waals surface area (Å²) < 4.78 is 38.1. The van der Waals surface area contributed by atoms with E-state index in [1.807, 2.05) is 12.1 Å². The summed E-state index contributed by atoms with van der Waals surface area (Å²) >= 11 is 0. The molecule has 0 saturated carbocycles. The van der Waals surface area contributed by atoms with Crippen LogP contribution in [-0.2, 0) is 6.18 Å². The zero-order valence-electron chi connectivity index (χ0n) is 15.2. The molecule has 0 fully saturated rings. The lowest BCUT2D eigenvalue weighted by Gasteiger charge is -2.10. The molecule has 0 radical (unpaired) electrons. The summed E-state index contributed by atoms with van der Waals surface area (Å²) in [7, 11) is 0. The van der Waals surface area contributed by atoms with Gasteiger partial charge in [-0.25, -0.2) is 9.97 Å². The van der Waals surface area contributed by atoms with E-state index in [2.05, 4.69) is 20.3 Å². The number of aryl methyl sites for hydroxylation is 1. The van der Waals surface area contributed by atoms with Gasteiger partial charge >= 0.3 is 6.18 Å². The van der Waals surface area contributed by atoms with Crippen LogP contribution in [0.2, 0.25) is 0 Å². The SMILES string of the molecule is Cc1ccc(-c2c[nH]c3ncccc23)nc1C(=O)Nc1ccc(C(F)(F)F)cc1. The van der Waals surface area contributed by atoms with E-state index >= 15 is 0 Å². The molecule has 3 aromatic heterocycles. The van der Waals surface area contributed by atoms with E-state index in [1.165, 1.54) is 12.1 Å². The molecular weight excluding hydrogens is 381 g/mol. The summed E-state index contributed by atoms with van der Waals surface area (Å²) in [6, 6.07) is 11.6. The van der Waals surface area contributed by atoms with Crippen LogP contribution in [0.15, 0.2) is 60.9 Å². The quantitative estimate of drug-likeness (QED) is 0.500. The molecule has 0 bridgehead atoms. The minimum atomic E-state index is -4.43. The standard InChI is InChI=1S/C21H15F3N4O/c1-12-4-9-17(16-11-26-19-15(16)3-2-10-25-19)28-18(12)20(29)27-14-7-5-13(6-8-14)21(22,23)24/h2-11H,1H3,(H,25,26)(H,27,29). The first-order valence-electron chi connectivity index (χ1n) is 8.71. The van der Waals surface area contributed by atoms with Crippen LogP contribution in [0.5, 0.6) is 0 Å². The minimum absolute atomic E-state index is 0.195. The number of nitrogens with one attached hydrogen (secondary N) is 2. The van der Waals surface area contributed by atoms with Crippen LogP contribution in [0.4, 0.5) is 18.9 Å². The van der Waals surface area contributed by atoms with Crippen molar-refractivity contribution in [3.63, 3.8) is 0 Å². The Bertz CT molecular complexity index is 1200. The number of alkyl halides is 3. The van der Waals surface area contributed by atoms with Crippen LogP contribution in [-0.4, -0.2) is 20.9 Å². The highest BCUT2D eigenvalue weighted by Crippen LogP contribution is 2.30. The Labute approximate surface area is 163 Å². The maximum atomic E-state index is 12.7. The Morgan fingerprint density at radius 1 is 1.07 bits per heavy atom. The van der Waals surface area contributed by atoms with Gasteiger partial charge in [0.05, 0.1) is 11.3 Å². The van der Waals surface area contributed by atoms with Crippen LogP contribution in [0, 0.1) is 6.92 Å². The predicted molar refractivity (Wildman–Crippen MR) is 103 cm³/mol. The van der Waals surface area contributed by atoms with E-state index in [4.69, 9.17) is 0 Å². The summed E-state index contributed by atoms with van der Waals surface area (Å²) in [6.45, 7) is 1.75. The van der Waals surface area contributed by atoms with Gasteiger partial charge in [-0.2, -0.15) is 13.2 Å². The number of pyridine rings is 2. The molecule has 3 heterocycles. The molecule has 8 heteroatoms. The van der Waals surface area contributed by atoms with Gasteiger partial charge in [0.2, 0.25) is 0 Å². The number of benzene rings is 1. The second-order valence-electron chi connectivity index (χ2n) is 6.49. The summed E-state index contributed by atoms with van der Waals surface area (Å²) in [5.74, 6) is -0.498. The molecule has 0 spiro atoms. The topological polar surface area (TPSA) is 70.7 Å². The Morgan fingerprint density at radius 2 is 1.83 bits per heavy atom. The van der Waals surface area contributed by atoms with Gasteiger partial charge in [0, 0.05) is 29.0 Å². The van der Waals surface area contributed by atoms with Crippen LogP contribution < -0.4 is 5.32 Å². The highest BCUT2D eigenvalue weighted by Gasteiger charge is 2.30. The molecule has 4 rings (SSSR count). The number of hydrogen-bond acceptors (Lipinski definition) is 3. The molecule has 5 nitrogen and oxygen atoms in total. The van der Waals surface area contributed by atoms with Crippen LogP contribution in [0.1, 0.15) is 21.6 Å². The van der Waals surface area contributed by atoms with Gasteiger partial charge in [-0.05, 0) is 55.0 Å². The molecule has 0 aliphatic rings. The van der Waals surface area contributed by atoms with Crippen molar-refractivity contribution in [3.8, 4) is 11.3 Å². The summed E-state index contributed by atoms with van der Waals surface area (Å²) in [5, 5.41) is 3.47. The van der Waals surface area contributed by atoms with Gasteiger partial charge in [-0.15, -0.1) is 0 Å². The van der Waals surface area contributed by atoms with Crippen molar-refractivity contribution in [2.75, 3.05) is 5.32 Å². The summed E-state index contributed by atoms with van der Waals surface area (Å²) in [4.78, 5) is 24.5. The van der Waals surface area contributed by atoms with E-state index in [9.17, 15) is 18.0 Å². The zero-order chi connectivity index (χ0) is 20.6. The second-order valence-corrected chi connectivity index (χ2v) is 6.49. The third-order valence-electron chi connectivity index (χ3n) is 4.51. The molecule has 4 aromatic rings. The number of aromatic amines is 1. The van der Waals surface area contributed by atoms with Crippen LogP contribution in [0.3, 0.4) is 0 Å². The maximum Gasteiger partial charge on any atom is 0.416 e. The first kappa shape index (κ1) is 18.7. The fraction of sp³-hybridized carbons (Fsp3) is 0.0952. The normalized spacial score (nSPS) is 11.6. The number of rotatable bonds is 3. The molecule has 0 saturated heterocycles. The first-order valence-corrected chi connectivity index (χ1v) is 8.71. The Balaban J connectivity index is 1.63. The number of aromatic nitrogens is 3. The van der Waals surface area contributed by atoms with E-state index in [0.717, 1.165) is 23.1 Å². The average Bonchev–Trinajstić information content (AvgIpc) is 3.12. The molecule has 146 valence electrons. The number of anilines is 1. The first-order chi connectivity index (χ1) is 13.8. The molecule has 29 heavy (non-hydrogen) atoms. The highest BCUT2D eigenvalue weighted by molar-refractivity contribution is 6.04. The van der Waals surface area contributed by atoms with Gasteiger partial charge in [-0.1, -0.05) is 6.07 Å². The van der Waals surface area contributed by atoms with Crippen molar-refractivity contribution in [1.82, 2.24) is 15.0 Å². The largest absolute Gasteiger partial charge is 0.416 e. The third-order valence-corrected chi connectivity index (χ3v) is 4.51. The fourth-order valence-corrected chi connectivity index (χ4v) is 3.01. The Hall–Kier alpha value is -3.68. The number of nitrogens with zero attached hydrogens (tertiary/aromatic N) is 2. The lowest BCUT2D eigenvalue weighted by atomic mass is 10.1. The van der Waals surface area contributed by atoms with E-state index < -0.39 is 17.6 Å². The van der Waals surface area contributed by atoms with E-state index in [-0.39, 0.29) is 11.4 Å². The number of amides is 1.